The van der Waals surface area contributed by atoms with Gasteiger partial charge in [-0.3, -0.25) is 4.79 Å². The molecule has 0 bridgehead atoms. The molecule has 0 aromatic heterocycles. The summed E-state index contributed by atoms with van der Waals surface area (Å²) in [5.74, 6) is -1.46. The first-order valence-electron chi connectivity index (χ1n) is 5.64. The van der Waals surface area contributed by atoms with Gasteiger partial charge in [0, 0.05) is 12.7 Å². The van der Waals surface area contributed by atoms with Gasteiger partial charge in [-0.05, 0) is 25.0 Å². The molecule has 0 spiro atoms. The van der Waals surface area contributed by atoms with E-state index in [9.17, 15) is 9.59 Å². The Bertz CT molecular complexity index is 415. The smallest absolute Gasteiger partial charge is 0.397 e. The van der Waals surface area contributed by atoms with E-state index < -0.39 is 11.9 Å². The van der Waals surface area contributed by atoms with E-state index in [0.717, 1.165) is 17.7 Å². The molecular weight excluding hydrogens is 218 g/mol. The lowest BCUT2D eigenvalue weighted by Gasteiger charge is -2.19. The monoisotopic (exact) mass is 235 g/mol. The van der Waals surface area contributed by atoms with Crippen molar-refractivity contribution in [2.24, 2.45) is 0 Å². The maximum absolute atomic E-state index is 11.8. The van der Waals surface area contributed by atoms with Gasteiger partial charge in [-0.1, -0.05) is 25.1 Å². The van der Waals surface area contributed by atoms with E-state index in [4.69, 9.17) is 0 Å². The van der Waals surface area contributed by atoms with Gasteiger partial charge in [-0.15, -0.1) is 0 Å². The lowest BCUT2D eigenvalue weighted by atomic mass is 10.1. The van der Waals surface area contributed by atoms with Crippen LogP contribution in [0.4, 0.5) is 5.69 Å². The second-order valence-electron chi connectivity index (χ2n) is 3.57. The maximum Gasteiger partial charge on any atom is 0.397 e. The molecule has 92 valence electrons. The number of para-hydroxylation sites is 1. The van der Waals surface area contributed by atoms with Crippen molar-refractivity contribution in [2.45, 2.75) is 20.3 Å². The molecule has 4 heteroatoms. The predicted molar refractivity (Wildman–Crippen MR) is 65.9 cm³/mol. The van der Waals surface area contributed by atoms with Crippen molar-refractivity contribution >= 4 is 17.6 Å². The summed E-state index contributed by atoms with van der Waals surface area (Å²) in [6, 6.07) is 7.49. The summed E-state index contributed by atoms with van der Waals surface area (Å²) in [7, 11) is 1.58. The molecular formula is C13H17NO3. The van der Waals surface area contributed by atoms with Crippen LogP contribution in [0.2, 0.25) is 0 Å². The van der Waals surface area contributed by atoms with Crippen molar-refractivity contribution in [1.29, 1.82) is 0 Å². The molecule has 1 aromatic rings. The Labute approximate surface area is 101 Å². The number of benzene rings is 1. The van der Waals surface area contributed by atoms with E-state index in [2.05, 4.69) is 4.74 Å². The highest BCUT2D eigenvalue weighted by Crippen LogP contribution is 2.19. The number of hydrogen-bond acceptors (Lipinski definition) is 3. The summed E-state index contributed by atoms with van der Waals surface area (Å²) in [5.41, 5.74) is 1.76. The van der Waals surface area contributed by atoms with Gasteiger partial charge in [-0.2, -0.15) is 0 Å². The lowest BCUT2D eigenvalue weighted by Crippen LogP contribution is -2.35. The number of esters is 1. The van der Waals surface area contributed by atoms with Gasteiger partial charge < -0.3 is 9.64 Å². The first-order valence-corrected chi connectivity index (χ1v) is 5.64. The van der Waals surface area contributed by atoms with Gasteiger partial charge in [0.15, 0.2) is 0 Å². The number of amides is 1. The van der Waals surface area contributed by atoms with Crippen LogP contribution in [-0.4, -0.2) is 25.5 Å². The lowest BCUT2D eigenvalue weighted by molar-refractivity contribution is -0.153. The molecule has 1 rings (SSSR count). The zero-order valence-electron chi connectivity index (χ0n) is 10.4. The number of anilines is 1. The molecule has 0 aliphatic heterocycles. The summed E-state index contributed by atoms with van der Waals surface area (Å²) < 4.78 is 4.69. The number of carbonyl (C=O) groups is 2. The Morgan fingerprint density at radius 3 is 2.47 bits per heavy atom. The number of hydrogen-bond donors (Lipinski definition) is 0. The van der Waals surface area contributed by atoms with Crippen LogP contribution in [0, 0.1) is 0 Å². The Balaban J connectivity index is 2.92. The number of rotatable bonds is 3. The first-order chi connectivity index (χ1) is 8.11. The van der Waals surface area contributed by atoms with Crippen molar-refractivity contribution in [3.63, 3.8) is 0 Å². The van der Waals surface area contributed by atoms with Gasteiger partial charge in [0.25, 0.3) is 0 Å². The van der Waals surface area contributed by atoms with E-state index in [-0.39, 0.29) is 6.61 Å². The quantitative estimate of drug-likeness (QED) is 0.592. The molecule has 0 heterocycles. The molecule has 1 aromatic carbocycles. The SMILES string of the molecule is CCOC(=O)C(=O)N(C)c1ccccc1CC. The molecule has 0 saturated carbocycles. The largest absolute Gasteiger partial charge is 0.459 e. The fraction of sp³-hybridized carbons (Fsp3) is 0.385. The third-order valence-electron chi connectivity index (χ3n) is 2.49. The topological polar surface area (TPSA) is 46.6 Å². The number of likely N-dealkylation sites (N-methyl/N-ethyl adjacent to an activating group) is 1. The minimum Gasteiger partial charge on any atom is -0.459 e. The minimum absolute atomic E-state index is 0.202. The first kappa shape index (κ1) is 13.2. The summed E-state index contributed by atoms with van der Waals surface area (Å²) in [6.45, 7) is 3.88. The number of ether oxygens (including phenoxy) is 1. The molecule has 17 heavy (non-hydrogen) atoms. The molecule has 0 radical (unpaired) electrons. The molecule has 0 aliphatic carbocycles. The summed E-state index contributed by atoms with van der Waals surface area (Å²) in [5, 5.41) is 0. The Morgan fingerprint density at radius 1 is 1.24 bits per heavy atom. The molecule has 4 nitrogen and oxygen atoms in total. The second kappa shape index (κ2) is 6.03. The third-order valence-corrected chi connectivity index (χ3v) is 2.49. The van der Waals surface area contributed by atoms with Crippen LogP contribution >= 0.6 is 0 Å². The predicted octanol–water partition coefficient (Wildman–Crippen LogP) is 1.77. The molecule has 0 unspecified atom stereocenters. The van der Waals surface area contributed by atoms with Crippen LogP contribution in [0.25, 0.3) is 0 Å². The van der Waals surface area contributed by atoms with Crippen molar-refractivity contribution in [3.05, 3.63) is 29.8 Å². The molecule has 1 amide bonds. The number of carbonyl (C=O) groups excluding carboxylic acids is 2. The van der Waals surface area contributed by atoms with Crippen LogP contribution in [0.5, 0.6) is 0 Å². The van der Waals surface area contributed by atoms with E-state index in [0.29, 0.717) is 0 Å². The Kier molecular flexibility index (Phi) is 4.69. The van der Waals surface area contributed by atoms with Crippen molar-refractivity contribution < 1.29 is 14.3 Å². The Morgan fingerprint density at radius 2 is 1.88 bits per heavy atom. The normalized spacial score (nSPS) is 9.82. The van der Waals surface area contributed by atoms with E-state index >= 15 is 0 Å². The fourth-order valence-corrected chi connectivity index (χ4v) is 1.58. The highest BCUT2D eigenvalue weighted by molar-refractivity contribution is 6.38. The van der Waals surface area contributed by atoms with Gasteiger partial charge in [-0.25, -0.2) is 4.79 Å². The van der Waals surface area contributed by atoms with E-state index in [1.165, 1.54) is 4.90 Å². The van der Waals surface area contributed by atoms with E-state index in [1.54, 1.807) is 14.0 Å². The zero-order chi connectivity index (χ0) is 12.8. The highest BCUT2D eigenvalue weighted by Gasteiger charge is 2.22. The standard InChI is InChI=1S/C13H17NO3/c1-4-10-8-6-7-9-11(10)14(3)12(15)13(16)17-5-2/h6-9H,4-5H2,1-3H3. The van der Waals surface area contributed by atoms with Crippen LogP contribution < -0.4 is 4.90 Å². The van der Waals surface area contributed by atoms with Crippen LogP contribution in [-0.2, 0) is 20.7 Å². The number of nitrogens with zero attached hydrogens (tertiary/aromatic N) is 1. The van der Waals surface area contributed by atoms with Gasteiger partial charge in [0.2, 0.25) is 0 Å². The number of aryl methyl sites for hydroxylation is 1. The average Bonchev–Trinajstić information content (AvgIpc) is 2.37. The van der Waals surface area contributed by atoms with Crippen molar-refractivity contribution in [2.75, 3.05) is 18.6 Å². The second-order valence-corrected chi connectivity index (χ2v) is 3.57. The Hall–Kier alpha value is -1.84. The highest BCUT2D eigenvalue weighted by atomic mass is 16.5. The van der Waals surface area contributed by atoms with Gasteiger partial charge in [0.1, 0.15) is 0 Å². The molecule has 0 fully saturated rings. The van der Waals surface area contributed by atoms with E-state index in [1.807, 2.05) is 31.2 Å². The van der Waals surface area contributed by atoms with Crippen LogP contribution in [0.15, 0.2) is 24.3 Å². The van der Waals surface area contributed by atoms with Crippen LogP contribution in [0.3, 0.4) is 0 Å². The fourth-order valence-electron chi connectivity index (χ4n) is 1.58. The third kappa shape index (κ3) is 3.06. The molecule has 0 N–H and O–H groups in total. The van der Waals surface area contributed by atoms with Crippen molar-refractivity contribution in [1.82, 2.24) is 0 Å². The van der Waals surface area contributed by atoms with Crippen molar-refractivity contribution in [3.8, 4) is 0 Å². The van der Waals surface area contributed by atoms with Crippen LogP contribution in [0.1, 0.15) is 19.4 Å². The molecule has 0 aliphatic rings. The maximum atomic E-state index is 11.8. The minimum atomic E-state index is -0.819. The molecule has 0 atom stereocenters. The van der Waals surface area contributed by atoms with Gasteiger partial charge in [0.05, 0.1) is 6.61 Å². The van der Waals surface area contributed by atoms with Gasteiger partial charge >= 0.3 is 11.9 Å². The zero-order valence-corrected chi connectivity index (χ0v) is 10.4. The summed E-state index contributed by atoms with van der Waals surface area (Å²) >= 11 is 0. The summed E-state index contributed by atoms with van der Waals surface area (Å²) in [4.78, 5) is 24.4. The average molecular weight is 235 g/mol. The summed E-state index contributed by atoms with van der Waals surface area (Å²) in [6.07, 6.45) is 0.802. The molecule has 0 saturated heterocycles.